The van der Waals surface area contributed by atoms with E-state index >= 15 is 0 Å². The van der Waals surface area contributed by atoms with E-state index in [-0.39, 0.29) is 18.0 Å². The van der Waals surface area contributed by atoms with Crippen LogP contribution < -0.4 is 0 Å². The molecule has 0 unspecified atom stereocenters. The van der Waals surface area contributed by atoms with Gasteiger partial charge in [0.25, 0.3) is 0 Å². The fraction of sp³-hybridized carbons (Fsp3) is 0.950. The van der Waals surface area contributed by atoms with Crippen molar-refractivity contribution in [1.82, 2.24) is 0 Å². The van der Waals surface area contributed by atoms with E-state index in [0.717, 1.165) is 43.9 Å². The predicted molar refractivity (Wildman–Crippen MR) is 93.3 cm³/mol. The number of hydrogen-bond donors (Lipinski definition) is 0. The van der Waals surface area contributed by atoms with Crippen molar-refractivity contribution in [3.8, 4) is 0 Å². The second-order valence-corrected chi connectivity index (χ2v) is 7.89. The van der Waals surface area contributed by atoms with Gasteiger partial charge >= 0.3 is 0 Å². The van der Waals surface area contributed by atoms with Crippen molar-refractivity contribution < 1.29 is 14.3 Å². The van der Waals surface area contributed by atoms with Crippen LogP contribution in [0.2, 0.25) is 0 Å². The number of rotatable bonds is 4. The van der Waals surface area contributed by atoms with Gasteiger partial charge in [-0.25, -0.2) is 0 Å². The SMILES string of the molecule is CCC[C@@H]1CCC(=O)C1.CCC[C@@H]1CCC2(C1)O[C@H](C)[C@@H](C)O2. The number of hydrogen-bond acceptors (Lipinski definition) is 3. The van der Waals surface area contributed by atoms with Crippen LogP contribution >= 0.6 is 0 Å². The fourth-order valence-electron chi connectivity index (χ4n) is 4.38. The van der Waals surface area contributed by atoms with Crippen molar-refractivity contribution in [3.05, 3.63) is 0 Å². The van der Waals surface area contributed by atoms with Gasteiger partial charge in [-0.05, 0) is 38.5 Å². The zero-order valence-electron chi connectivity index (χ0n) is 15.6. The Morgan fingerprint density at radius 1 is 1.00 bits per heavy atom. The van der Waals surface area contributed by atoms with E-state index in [2.05, 4.69) is 27.7 Å². The van der Waals surface area contributed by atoms with E-state index in [0.29, 0.717) is 5.78 Å². The van der Waals surface area contributed by atoms with Crippen LogP contribution in [0.3, 0.4) is 0 Å². The lowest BCUT2D eigenvalue weighted by Gasteiger charge is -2.22. The molecule has 0 aromatic carbocycles. The van der Waals surface area contributed by atoms with Gasteiger partial charge in [0.1, 0.15) is 5.78 Å². The molecule has 23 heavy (non-hydrogen) atoms. The second kappa shape index (κ2) is 8.62. The Labute approximate surface area is 142 Å². The minimum atomic E-state index is -0.196. The highest BCUT2D eigenvalue weighted by atomic mass is 16.8. The summed E-state index contributed by atoms with van der Waals surface area (Å²) in [7, 11) is 0. The highest BCUT2D eigenvalue weighted by Gasteiger charge is 2.48. The lowest BCUT2D eigenvalue weighted by molar-refractivity contribution is -0.169. The van der Waals surface area contributed by atoms with Crippen molar-refractivity contribution in [2.45, 2.75) is 110 Å². The maximum Gasteiger partial charge on any atom is 0.169 e. The quantitative estimate of drug-likeness (QED) is 0.707. The minimum Gasteiger partial charge on any atom is -0.344 e. The lowest BCUT2D eigenvalue weighted by Crippen LogP contribution is -2.27. The zero-order valence-corrected chi connectivity index (χ0v) is 15.6. The summed E-state index contributed by atoms with van der Waals surface area (Å²) in [6.45, 7) is 8.68. The Kier molecular flexibility index (Phi) is 7.09. The van der Waals surface area contributed by atoms with Crippen molar-refractivity contribution in [3.63, 3.8) is 0 Å². The van der Waals surface area contributed by atoms with Gasteiger partial charge in [-0.1, -0.05) is 39.5 Å². The van der Waals surface area contributed by atoms with E-state index in [1.54, 1.807) is 0 Å². The summed E-state index contributed by atoms with van der Waals surface area (Å²) < 4.78 is 12.0. The normalized spacial score (nSPS) is 35.6. The third-order valence-electron chi connectivity index (χ3n) is 5.74. The van der Waals surface area contributed by atoms with Crippen LogP contribution in [-0.4, -0.2) is 23.8 Å². The molecule has 3 nitrogen and oxygen atoms in total. The molecular formula is C20H36O3. The number of carbonyl (C=O) groups excluding carboxylic acids is 1. The highest BCUT2D eigenvalue weighted by molar-refractivity contribution is 5.80. The summed E-state index contributed by atoms with van der Waals surface area (Å²) in [4.78, 5) is 10.7. The molecule has 3 fully saturated rings. The van der Waals surface area contributed by atoms with Gasteiger partial charge in [0.2, 0.25) is 0 Å². The number of carbonyl (C=O) groups is 1. The Balaban J connectivity index is 0.000000185. The molecule has 3 aliphatic rings. The van der Waals surface area contributed by atoms with Gasteiger partial charge in [-0.3, -0.25) is 4.79 Å². The van der Waals surface area contributed by atoms with Gasteiger partial charge in [0.15, 0.2) is 5.79 Å². The Morgan fingerprint density at radius 2 is 1.61 bits per heavy atom. The van der Waals surface area contributed by atoms with E-state index in [4.69, 9.17) is 9.47 Å². The van der Waals surface area contributed by atoms with Crippen LogP contribution in [0, 0.1) is 11.8 Å². The van der Waals surface area contributed by atoms with Crippen molar-refractivity contribution >= 4 is 5.78 Å². The summed E-state index contributed by atoms with van der Waals surface area (Å²) in [5.74, 6) is 1.85. The maximum atomic E-state index is 10.7. The number of ether oxygens (including phenoxy) is 2. The molecule has 3 rings (SSSR count). The fourth-order valence-corrected chi connectivity index (χ4v) is 4.38. The van der Waals surface area contributed by atoms with Gasteiger partial charge < -0.3 is 9.47 Å². The van der Waals surface area contributed by atoms with Gasteiger partial charge in [-0.2, -0.15) is 0 Å². The van der Waals surface area contributed by atoms with Gasteiger partial charge in [0.05, 0.1) is 12.2 Å². The third-order valence-corrected chi connectivity index (χ3v) is 5.74. The van der Waals surface area contributed by atoms with Crippen LogP contribution in [0.15, 0.2) is 0 Å². The minimum absolute atomic E-state index is 0.196. The average Bonchev–Trinajstić information content (AvgIpc) is 3.14. The monoisotopic (exact) mass is 324 g/mol. The van der Waals surface area contributed by atoms with Crippen LogP contribution in [0.1, 0.15) is 91.9 Å². The molecule has 134 valence electrons. The Morgan fingerprint density at radius 3 is 2.13 bits per heavy atom. The molecule has 0 amide bonds. The summed E-state index contributed by atoms with van der Waals surface area (Å²) in [5.41, 5.74) is 0. The van der Waals surface area contributed by atoms with Gasteiger partial charge in [0, 0.05) is 25.7 Å². The summed E-state index contributed by atoms with van der Waals surface area (Å²) in [6.07, 6.45) is 12.0. The smallest absolute Gasteiger partial charge is 0.169 e. The summed E-state index contributed by atoms with van der Waals surface area (Å²) in [5, 5.41) is 0. The summed E-state index contributed by atoms with van der Waals surface area (Å²) >= 11 is 0. The first-order valence-corrected chi connectivity index (χ1v) is 9.85. The topological polar surface area (TPSA) is 35.5 Å². The lowest BCUT2D eigenvalue weighted by atomic mass is 10.0. The largest absolute Gasteiger partial charge is 0.344 e. The molecule has 0 aromatic rings. The molecule has 0 bridgehead atoms. The van der Waals surface area contributed by atoms with E-state index in [1.165, 1.54) is 32.1 Å². The van der Waals surface area contributed by atoms with Crippen molar-refractivity contribution in [2.75, 3.05) is 0 Å². The van der Waals surface area contributed by atoms with E-state index < -0.39 is 0 Å². The molecule has 0 aromatic heterocycles. The Hall–Kier alpha value is -0.410. The first-order chi connectivity index (χ1) is 11.0. The summed E-state index contributed by atoms with van der Waals surface area (Å²) in [6, 6.07) is 0. The molecule has 2 saturated carbocycles. The van der Waals surface area contributed by atoms with Gasteiger partial charge in [-0.15, -0.1) is 0 Å². The average molecular weight is 325 g/mol. The molecular weight excluding hydrogens is 288 g/mol. The third kappa shape index (κ3) is 5.29. The van der Waals surface area contributed by atoms with E-state index in [9.17, 15) is 4.79 Å². The van der Waals surface area contributed by atoms with Crippen LogP contribution in [-0.2, 0) is 14.3 Å². The molecule has 1 heterocycles. The Bertz CT molecular complexity index is 369. The van der Waals surface area contributed by atoms with Crippen molar-refractivity contribution in [1.29, 1.82) is 0 Å². The maximum absolute atomic E-state index is 10.7. The molecule has 0 radical (unpaired) electrons. The predicted octanol–water partition coefficient (Wildman–Crippen LogP) is 5.26. The van der Waals surface area contributed by atoms with E-state index in [1.807, 2.05) is 0 Å². The molecule has 1 aliphatic heterocycles. The molecule has 1 saturated heterocycles. The molecule has 4 atom stereocenters. The first-order valence-electron chi connectivity index (χ1n) is 9.85. The first kappa shape index (κ1) is 18.9. The molecule has 0 N–H and O–H groups in total. The molecule has 2 aliphatic carbocycles. The van der Waals surface area contributed by atoms with Crippen LogP contribution in [0.5, 0.6) is 0 Å². The standard InChI is InChI=1S/C12H22O2.C8H14O/c1-4-5-11-6-7-12(8-11)13-9(2)10(3)14-12;1-2-3-7-4-5-8(9)6-7/h9-11H,4-8H2,1-3H3;7H,2-6H2,1H3/t9-,10-,11-;7-/m11/s1. The van der Waals surface area contributed by atoms with Crippen LogP contribution in [0.4, 0.5) is 0 Å². The molecule has 3 heteroatoms. The number of Topliss-reactive ketones (excluding diaryl/α,β-unsaturated/α-hetero) is 1. The second-order valence-electron chi connectivity index (χ2n) is 7.89. The highest BCUT2D eigenvalue weighted by Crippen LogP contribution is 2.45. The zero-order chi connectivity index (χ0) is 16.9. The van der Waals surface area contributed by atoms with Crippen molar-refractivity contribution in [2.24, 2.45) is 11.8 Å². The molecule has 1 spiro atoms. The number of ketones is 1. The van der Waals surface area contributed by atoms with Crippen LogP contribution in [0.25, 0.3) is 0 Å².